The lowest BCUT2D eigenvalue weighted by Crippen LogP contribution is -2.48. The first kappa shape index (κ1) is 22.7. The number of carbonyl (C=O) groups is 1. The summed E-state index contributed by atoms with van der Waals surface area (Å²) in [5, 5.41) is 3.76. The standard InChI is InChI=1S/C21H20Cl2F3NO3/c22-15-4-5-17(18(23)11-15)20(6-8-29-9-7-20)19(28)27-12-14-2-1-3-16(10-14)30-13-21(24,25)26/h1-5,10-11H,6-9,12-13H2,(H,27,28). The summed E-state index contributed by atoms with van der Waals surface area (Å²) in [5.41, 5.74) is 0.425. The number of ether oxygens (including phenoxy) is 2. The maximum atomic E-state index is 13.2. The summed E-state index contributed by atoms with van der Waals surface area (Å²) in [7, 11) is 0. The maximum absolute atomic E-state index is 13.2. The third kappa shape index (κ3) is 5.59. The third-order valence-corrected chi connectivity index (χ3v) is 5.53. The van der Waals surface area contributed by atoms with Gasteiger partial charge in [-0.15, -0.1) is 0 Å². The molecule has 1 fully saturated rings. The summed E-state index contributed by atoms with van der Waals surface area (Å²) in [5.74, 6) is -0.141. The van der Waals surface area contributed by atoms with E-state index in [1.807, 2.05) is 0 Å². The van der Waals surface area contributed by atoms with E-state index >= 15 is 0 Å². The minimum absolute atomic E-state index is 0.0839. The lowest BCUT2D eigenvalue weighted by atomic mass is 9.73. The van der Waals surface area contributed by atoms with Crippen LogP contribution in [0.4, 0.5) is 13.2 Å². The molecule has 4 nitrogen and oxygen atoms in total. The lowest BCUT2D eigenvalue weighted by molar-refractivity contribution is -0.153. The molecular formula is C21H20Cl2F3NO3. The van der Waals surface area contributed by atoms with E-state index in [9.17, 15) is 18.0 Å². The monoisotopic (exact) mass is 461 g/mol. The Bertz CT molecular complexity index is 899. The van der Waals surface area contributed by atoms with E-state index in [-0.39, 0.29) is 18.2 Å². The van der Waals surface area contributed by atoms with Crippen LogP contribution < -0.4 is 10.1 Å². The number of halogens is 5. The molecule has 0 bridgehead atoms. The second-order valence-electron chi connectivity index (χ2n) is 7.05. The zero-order chi connectivity index (χ0) is 21.8. The Morgan fingerprint density at radius 2 is 1.87 bits per heavy atom. The van der Waals surface area contributed by atoms with Crippen molar-refractivity contribution in [3.63, 3.8) is 0 Å². The Morgan fingerprint density at radius 1 is 1.13 bits per heavy atom. The Labute approximate surface area is 182 Å². The van der Waals surface area contributed by atoms with Gasteiger partial charge in [0, 0.05) is 29.8 Å². The van der Waals surface area contributed by atoms with Crippen LogP contribution in [0.15, 0.2) is 42.5 Å². The zero-order valence-corrected chi connectivity index (χ0v) is 17.4. The highest BCUT2D eigenvalue weighted by molar-refractivity contribution is 6.35. The van der Waals surface area contributed by atoms with E-state index in [0.29, 0.717) is 47.2 Å². The number of nitrogens with one attached hydrogen (secondary N) is 1. The van der Waals surface area contributed by atoms with Crippen LogP contribution in [0.2, 0.25) is 10.0 Å². The molecule has 0 radical (unpaired) electrons. The van der Waals surface area contributed by atoms with Crippen molar-refractivity contribution in [3.8, 4) is 5.75 Å². The van der Waals surface area contributed by atoms with Crippen molar-refractivity contribution in [1.29, 1.82) is 0 Å². The molecule has 1 N–H and O–H groups in total. The predicted octanol–water partition coefficient (Wildman–Crippen LogP) is 5.30. The molecule has 3 rings (SSSR count). The van der Waals surface area contributed by atoms with Gasteiger partial charge >= 0.3 is 6.18 Å². The fourth-order valence-electron chi connectivity index (χ4n) is 3.48. The van der Waals surface area contributed by atoms with Gasteiger partial charge in [0.25, 0.3) is 0 Å². The summed E-state index contributed by atoms with van der Waals surface area (Å²) in [6.07, 6.45) is -3.51. The van der Waals surface area contributed by atoms with Crippen LogP contribution in [0.1, 0.15) is 24.0 Å². The molecule has 0 saturated carbocycles. The highest BCUT2D eigenvalue weighted by atomic mass is 35.5. The zero-order valence-electron chi connectivity index (χ0n) is 15.9. The lowest BCUT2D eigenvalue weighted by Gasteiger charge is -2.37. The van der Waals surface area contributed by atoms with Crippen molar-refractivity contribution in [2.45, 2.75) is 31.0 Å². The van der Waals surface area contributed by atoms with E-state index in [1.165, 1.54) is 12.1 Å². The first-order chi connectivity index (χ1) is 14.2. The second-order valence-corrected chi connectivity index (χ2v) is 7.90. The van der Waals surface area contributed by atoms with Crippen molar-refractivity contribution in [2.75, 3.05) is 19.8 Å². The van der Waals surface area contributed by atoms with Crippen molar-refractivity contribution in [2.24, 2.45) is 0 Å². The topological polar surface area (TPSA) is 47.6 Å². The summed E-state index contributed by atoms with van der Waals surface area (Å²) in [6, 6.07) is 11.2. The first-order valence-corrected chi connectivity index (χ1v) is 10.1. The molecule has 1 amide bonds. The molecule has 2 aromatic carbocycles. The SMILES string of the molecule is O=C(NCc1cccc(OCC(F)(F)F)c1)C1(c2ccc(Cl)cc2Cl)CCOCC1. The van der Waals surface area contributed by atoms with Gasteiger partial charge in [0.2, 0.25) is 5.91 Å². The Kier molecular flexibility index (Phi) is 7.16. The van der Waals surface area contributed by atoms with Crippen LogP contribution in [0.25, 0.3) is 0 Å². The second kappa shape index (κ2) is 9.45. The van der Waals surface area contributed by atoms with Gasteiger partial charge in [0.15, 0.2) is 6.61 Å². The molecule has 1 aliphatic heterocycles. The molecule has 30 heavy (non-hydrogen) atoms. The van der Waals surface area contributed by atoms with Gasteiger partial charge in [-0.25, -0.2) is 0 Å². The summed E-state index contributed by atoms with van der Waals surface area (Å²) >= 11 is 12.4. The molecule has 0 unspecified atom stereocenters. The van der Waals surface area contributed by atoms with Crippen molar-refractivity contribution < 1.29 is 27.4 Å². The van der Waals surface area contributed by atoms with Crippen LogP contribution in [0, 0.1) is 0 Å². The number of alkyl halides is 3. The number of benzene rings is 2. The molecule has 1 heterocycles. The van der Waals surface area contributed by atoms with Crippen LogP contribution in [-0.4, -0.2) is 31.9 Å². The average molecular weight is 462 g/mol. The Hall–Kier alpha value is -1.96. The number of hydrogen-bond acceptors (Lipinski definition) is 3. The summed E-state index contributed by atoms with van der Waals surface area (Å²) in [4.78, 5) is 13.2. The normalized spacial score (nSPS) is 16.2. The summed E-state index contributed by atoms with van der Waals surface area (Å²) in [6.45, 7) is -0.420. The smallest absolute Gasteiger partial charge is 0.422 e. The van der Waals surface area contributed by atoms with Gasteiger partial charge in [-0.05, 0) is 48.2 Å². The van der Waals surface area contributed by atoms with Gasteiger partial charge in [-0.2, -0.15) is 13.2 Å². The molecule has 0 atom stereocenters. The minimum atomic E-state index is -4.42. The van der Waals surface area contributed by atoms with Gasteiger partial charge < -0.3 is 14.8 Å². The molecule has 1 aliphatic rings. The fourth-order valence-corrected chi connectivity index (χ4v) is 4.07. The molecule has 0 aromatic heterocycles. The molecule has 0 aliphatic carbocycles. The quantitative estimate of drug-likeness (QED) is 0.634. The molecule has 9 heteroatoms. The van der Waals surface area contributed by atoms with Crippen LogP contribution in [0.3, 0.4) is 0 Å². The van der Waals surface area contributed by atoms with Gasteiger partial charge in [-0.1, -0.05) is 41.4 Å². The van der Waals surface area contributed by atoms with Crippen LogP contribution in [0.5, 0.6) is 5.75 Å². The number of rotatable bonds is 6. The third-order valence-electron chi connectivity index (χ3n) is 4.98. The van der Waals surface area contributed by atoms with E-state index in [0.717, 1.165) is 0 Å². The molecular weight excluding hydrogens is 442 g/mol. The molecule has 2 aromatic rings. The number of hydrogen-bond donors (Lipinski definition) is 1. The predicted molar refractivity (Wildman–Crippen MR) is 108 cm³/mol. The average Bonchev–Trinajstić information content (AvgIpc) is 2.71. The summed E-state index contributed by atoms with van der Waals surface area (Å²) < 4.78 is 47.3. The van der Waals surface area contributed by atoms with Crippen molar-refractivity contribution in [3.05, 3.63) is 63.6 Å². The first-order valence-electron chi connectivity index (χ1n) is 9.30. The van der Waals surface area contributed by atoms with E-state index < -0.39 is 18.2 Å². The van der Waals surface area contributed by atoms with Gasteiger partial charge in [0.1, 0.15) is 5.75 Å². The molecule has 162 valence electrons. The van der Waals surface area contributed by atoms with E-state index in [4.69, 9.17) is 32.7 Å². The van der Waals surface area contributed by atoms with E-state index in [2.05, 4.69) is 5.32 Å². The fraction of sp³-hybridized carbons (Fsp3) is 0.381. The van der Waals surface area contributed by atoms with Gasteiger partial charge in [-0.3, -0.25) is 4.79 Å². The highest BCUT2D eigenvalue weighted by Crippen LogP contribution is 2.40. The molecule has 1 saturated heterocycles. The van der Waals surface area contributed by atoms with Gasteiger partial charge in [0.05, 0.1) is 5.41 Å². The Morgan fingerprint density at radius 3 is 2.53 bits per heavy atom. The van der Waals surface area contributed by atoms with Crippen molar-refractivity contribution in [1.82, 2.24) is 5.32 Å². The minimum Gasteiger partial charge on any atom is -0.484 e. The Balaban J connectivity index is 1.74. The number of amides is 1. The highest BCUT2D eigenvalue weighted by Gasteiger charge is 2.43. The number of carbonyl (C=O) groups excluding carboxylic acids is 1. The molecule has 0 spiro atoms. The van der Waals surface area contributed by atoms with Crippen LogP contribution >= 0.6 is 23.2 Å². The maximum Gasteiger partial charge on any atom is 0.422 e. The van der Waals surface area contributed by atoms with E-state index in [1.54, 1.807) is 30.3 Å². The van der Waals surface area contributed by atoms with Crippen molar-refractivity contribution >= 4 is 29.1 Å². The van der Waals surface area contributed by atoms with Crippen LogP contribution in [-0.2, 0) is 21.5 Å². The largest absolute Gasteiger partial charge is 0.484 e.